The van der Waals surface area contributed by atoms with Crippen LogP contribution in [0.15, 0.2) is 54.6 Å². The smallest absolute Gasteiger partial charge is 0.229 e. The number of para-hydroxylation sites is 1. The van der Waals surface area contributed by atoms with Crippen molar-refractivity contribution in [2.45, 2.75) is 26.0 Å². The van der Waals surface area contributed by atoms with Crippen molar-refractivity contribution < 1.29 is 9.53 Å². The molecule has 3 nitrogen and oxygen atoms in total. The van der Waals surface area contributed by atoms with E-state index in [1.54, 1.807) is 0 Å². The average molecular weight is 295 g/mol. The van der Waals surface area contributed by atoms with Crippen LogP contribution in [-0.2, 0) is 6.42 Å². The minimum atomic E-state index is -0.991. The second-order valence-corrected chi connectivity index (χ2v) is 6.19. The number of carbonyl (C=O) groups excluding carboxylic acids is 1. The van der Waals surface area contributed by atoms with Crippen LogP contribution < -0.4 is 10.1 Å². The molecular formula is C19H21NO2. The Hall–Kier alpha value is -2.13. The van der Waals surface area contributed by atoms with Crippen LogP contribution in [0, 0.1) is 5.92 Å². The average Bonchev–Trinajstić information content (AvgIpc) is 2.80. The van der Waals surface area contributed by atoms with Crippen LogP contribution in [0.25, 0.3) is 0 Å². The van der Waals surface area contributed by atoms with Crippen LogP contribution >= 0.6 is 0 Å². The van der Waals surface area contributed by atoms with Gasteiger partial charge < -0.3 is 4.74 Å². The largest absolute Gasteiger partial charge is 0.464 e. The monoisotopic (exact) mass is 295 g/mol. The van der Waals surface area contributed by atoms with E-state index in [0.29, 0.717) is 23.7 Å². The minimum absolute atomic E-state index is 0.0209. The molecule has 1 aliphatic heterocycles. The molecule has 114 valence electrons. The van der Waals surface area contributed by atoms with Gasteiger partial charge in [-0.25, -0.2) is 0 Å². The summed E-state index contributed by atoms with van der Waals surface area (Å²) in [7, 11) is 0. The number of carbonyl (C=O) groups is 1. The highest BCUT2D eigenvalue weighted by Gasteiger charge is 2.47. The van der Waals surface area contributed by atoms with Gasteiger partial charge in [0.05, 0.1) is 5.56 Å². The van der Waals surface area contributed by atoms with Gasteiger partial charge in [-0.2, -0.15) is 0 Å². The summed E-state index contributed by atoms with van der Waals surface area (Å²) < 4.78 is 6.10. The molecule has 1 atom stereocenters. The zero-order chi connectivity index (χ0) is 15.6. The number of Topliss-reactive ketones (excluding diaryl/α,β-unsaturated/α-hetero) is 1. The lowest BCUT2D eigenvalue weighted by Gasteiger charge is -2.29. The number of ether oxygens (including phenoxy) is 1. The fourth-order valence-electron chi connectivity index (χ4n) is 2.74. The predicted molar refractivity (Wildman–Crippen MR) is 87.1 cm³/mol. The molecule has 1 aliphatic rings. The highest BCUT2D eigenvalue weighted by atomic mass is 16.5. The predicted octanol–water partition coefficient (Wildman–Crippen LogP) is 3.45. The summed E-state index contributed by atoms with van der Waals surface area (Å²) >= 11 is 0. The molecule has 0 fully saturated rings. The van der Waals surface area contributed by atoms with Gasteiger partial charge in [-0.05, 0) is 23.6 Å². The van der Waals surface area contributed by atoms with Crippen LogP contribution in [-0.4, -0.2) is 18.1 Å². The summed E-state index contributed by atoms with van der Waals surface area (Å²) in [5.74, 6) is 1.13. The molecule has 0 saturated heterocycles. The highest BCUT2D eigenvalue weighted by Crippen LogP contribution is 2.35. The van der Waals surface area contributed by atoms with Gasteiger partial charge in [0, 0.05) is 13.0 Å². The molecule has 0 spiro atoms. The normalized spacial score (nSPS) is 20.0. The summed E-state index contributed by atoms with van der Waals surface area (Å²) in [4.78, 5) is 12.9. The highest BCUT2D eigenvalue weighted by molar-refractivity contribution is 6.07. The number of fused-ring (bicyclic) bond motifs is 1. The van der Waals surface area contributed by atoms with Crippen molar-refractivity contribution in [3.05, 3.63) is 65.7 Å². The van der Waals surface area contributed by atoms with Gasteiger partial charge in [0.2, 0.25) is 11.5 Å². The van der Waals surface area contributed by atoms with Crippen molar-refractivity contribution >= 4 is 5.78 Å². The van der Waals surface area contributed by atoms with E-state index < -0.39 is 5.72 Å². The summed E-state index contributed by atoms with van der Waals surface area (Å²) in [5.41, 5.74) is 0.754. The van der Waals surface area contributed by atoms with Crippen molar-refractivity contribution in [1.82, 2.24) is 5.32 Å². The lowest BCUT2D eigenvalue weighted by molar-refractivity contribution is 0.0390. The van der Waals surface area contributed by atoms with E-state index in [1.807, 2.05) is 54.6 Å². The first-order valence-electron chi connectivity index (χ1n) is 7.72. The molecule has 0 aromatic heterocycles. The SMILES string of the molecule is CC(C)CNC1(Cc2ccccc2)Oc2ccccc2C1=O. The quantitative estimate of drug-likeness (QED) is 0.918. The van der Waals surface area contributed by atoms with Gasteiger partial charge in [0.1, 0.15) is 5.75 Å². The molecule has 0 aliphatic carbocycles. The van der Waals surface area contributed by atoms with Gasteiger partial charge in [-0.1, -0.05) is 56.3 Å². The molecule has 0 saturated carbocycles. The second kappa shape index (κ2) is 5.93. The standard InChI is InChI=1S/C19H21NO2/c1-14(2)13-20-19(12-15-8-4-3-5-9-15)18(21)16-10-6-7-11-17(16)22-19/h3-11,14,20H,12-13H2,1-2H3. The number of benzene rings is 2. The van der Waals surface area contributed by atoms with Gasteiger partial charge in [-0.3, -0.25) is 10.1 Å². The van der Waals surface area contributed by atoms with Gasteiger partial charge in [-0.15, -0.1) is 0 Å². The number of hydrogen-bond donors (Lipinski definition) is 1. The molecule has 0 bridgehead atoms. The molecule has 1 heterocycles. The minimum Gasteiger partial charge on any atom is -0.464 e. The molecule has 0 radical (unpaired) electrons. The molecule has 1 N–H and O–H groups in total. The Kier molecular flexibility index (Phi) is 3.99. The van der Waals surface area contributed by atoms with Crippen LogP contribution in [0.5, 0.6) is 5.75 Å². The summed E-state index contributed by atoms with van der Waals surface area (Å²) in [5, 5.41) is 3.37. The fraction of sp³-hybridized carbons (Fsp3) is 0.316. The van der Waals surface area contributed by atoms with Gasteiger partial charge in [0.15, 0.2) is 0 Å². The van der Waals surface area contributed by atoms with E-state index in [2.05, 4.69) is 19.2 Å². The van der Waals surface area contributed by atoms with Crippen molar-refractivity contribution in [2.75, 3.05) is 6.54 Å². The molecule has 2 aromatic carbocycles. The van der Waals surface area contributed by atoms with Crippen molar-refractivity contribution in [3.8, 4) is 5.75 Å². The van der Waals surface area contributed by atoms with Crippen molar-refractivity contribution in [3.63, 3.8) is 0 Å². The van der Waals surface area contributed by atoms with Gasteiger partial charge >= 0.3 is 0 Å². The Labute approximate surface area is 131 Å². The maximum Gasteiger partial charge on any atom is 0.229 e. The van der Waals surface area contributed by atoms with E-state index in [9.17, 15) is 4.79 Å². The van der Waals surface area contributed by atoms with E-state index in [4.69, 9.17) is 4.74 Å². The van der Waals surface area contributed by atoms with Crippen LogP contribution in [0.4, 0.5) is 0 Å². The molecule has 1 unspecified atom stereocenters. The van der Waals surface area contributed by atoms with Crippen LogP contribution in [0.3, 0.4) is 0 Å². The molecule has 22 heavy (non-hydrogen) atoms. The molecule has 0 amide bonds. The Morgan fingerprint density at radius 3 is 2.41 bits per heavy atom. The van der Waals surface area contributed by atoms with Crippen molar-refractivity contribution in [1.29, 1.82) is 0 Å². The lowest BCUT2D eigenvalue weighted by atomic mass is 9.95. The maximum absolute atomic E-state index is 12.9. The Morgan fingerprint density at radius 1 is 1.05 bits per heavy atom. The Morgan fingerprint density at radius 2 is 1.73 bits per heavy atom. The molecule has 3 rings (SSSR count). The first-order chi connectivity index (χ1) is 10.6. The second-order valence-electron chi connectivity index (χ2n) is 6.19. The third-order valence-corrected chi connectivity index (χ3v) is 3.87. The summed E-state index contributed by atoms with van der Waals surface area (Å²) in [6.45, 7) is 4.97. The topological polar surface area (TPSA) is 38.3 Å². The molecule has 2 aromatic rings. The molecular weight excluding hydrogens is 274 g/mol. The van der Waals surface area contributed by atoms with Gasteiger partial charge in [0.25, 0.3) is 0 Å². The van der Waals surface area contributed by atoms with E-state index >= 15 is 0 Å². The van der Waals surface area contributed by atoms with Crippen LogP contribution in [0.1, 0.15) is 29.8 Å². The Balaban J connectivity index is 1.93. The fourth-order valence-corrected chi connectivity index (χ4v) is 2.74. The summed E-state index contributed by atoms with van der Waals surface area (Å²) in [6.07, 6.45) is 0.522. The Bertz CT molecular complexity index is 666. The number of nitrogens with one attached hydrogen (secondary N) is 1. The number of ketones is 1. The number of rotatable bonds is 5. The molecule has 3 heteroatoms. The van der Waals surface area contributed by atoms with E-state index in [1.165, 1.54) is 0 Å². The zero-order valence-electron chi connectivity index (χ0n) is 13.0. The van der Waals surface area contributed by atoms with Crippen molar-refractivity contribution in [2.24, 2.45) is 5.92 Å². The number of hydrogen-bond acceptors (Lipinski definition) is 3. The van der Waals surface area contributed by atoms with E-state index in [-0.39, 0.29) is 5.78 Å². The zero-order valence-corrected chi connectivity index (χ0v) is 13.0. The third kappa shape index (κ3) is 2.77. The first-order valence-corrected chi connectivity index (χ1v) is 7.72. The summed E-state index contributed by atoms with van der Waals surface area (Å²) in [6, 6.07) is 17.5. The van der Waals surface area contributed by atoms with E-state index in [0.717, 1.165) is 12.1 Å². The first kappa shape index (κ1) is 14.8. The van der Waals surface area contributed by atoms with Crippen LogP contribution in [0.2, 0.25) is 0 Å². The third-order valence-electron chi connectivity index (χ3n) is 3.87. The maximum atomic E-state index is 12.9. The lowest BCUT2D eigenvalue weighted by Crippen LogP contribution is -2.56.